The van der Waals surface area contributed by atoms with Gasteiger partial charge in [-0.05, 0) is 74.1 Å². The second kappa shape index (κ2) is 9.32. The molecule has 0 aromatic heterocycles. The summed E-state index contributed by atoms with van der Waals surface area (Å²) in [7, 11) is 1.68. The van der Waals surface area contributed by atoms with Crippen molar-refractivity contribution in [3.8, 4) is 45.3 Å². The van der Waals surface area contributed by atoms with Crippen molar-refractivity contribution in [3.63, 3.8) is 0 Å². The van der Waals surface area contributed by atoms with Crippen LogP contribution in [0.2, 0.25) is 5.02 Å². The smallest absolute Gasteiger partial charge is 0.331 e. The van der Waals surface area contributed by atoms with Gasteiger partial charge in [-0.25, -0.2) is 0 Å². The molecule has 0 saturated carbocycles. The number of hydrogen-bond acceptors (Lipinski definition) is 4. The van der Waals surface area contributed by atoms with E-state index >= 15 is 0 Å². The fourth-order valence-electron chi connectivity index (χ4n) is 3.86. The molecule has 5 rings (SSSR count). The molecule has 0 bridgehead atoms. The molecule has 1 N–H and O–H groups in total. The number of halogens is 1. The summed E-state index contributed by atoms with van der Waals surface area (Å²) in [5, 5.41) is 11.1. The van der Waals surface area contributed by atoms with Crippen molar-refractivity contribution >= 4 is 24.5 Å². The van der Waals surface area contributed by atoms with E-state index in [1.54, 1.807) is 21.3 Å². The Labute approximate surface area is 217 Å². The number of hydrogen-bond donors (Lipinski definition) is 1. The Bertz CT molecular complexity index is 1410. The van der Waals surface area contributed by atoms with E-state index in [2.05, 4.69) is 0 Å². The molecule has 0 aliphatic carbocycles. The molecular formula is C30H27BClO4. The predicted octanol–water partition coefficient (Wildman–Crippen LogP) is 7.38. The largest absolute Gasteiger partial charge is 0.450 e. The summed E-state index contributed by atoms with van der Waals surface area (Å²) in [6.07, 6.45) is 0. The highest BCUT2D eigenvalue weighted by atomic mass is 35.5. The molecule has 6 heteroatoms. The van der Waals surface area contributed by atoms with Gasteiger partial charge in [0.05, 0.1) is 16.2 Å². The van der Waals surface area contributed by atoms with Gasteiger partial charge in [0.2, 0.25) is 0 Å². The lowest BCUT2D eigenvalue weighted by molar-refractivity contribution is -0.0893. The van der Waals surface area contributed by atoms with Crippen molar-refractivity contribution in [2.45, 2.75) is 38.9 Å². The van der Waals surface area contributed by atoms with E-state index in [4.69, 9.17) is 25.7 Å². The molecule has 0 saturated heterocycles. The topological polar surface area (TPSA) is 47.9 Å². The first-order valence-electron chi connectivity index (χ1n) is 11.8. The van der Waals surface area contributed by atoms with Gasteiger partial charge in [-0.2, -0.15) is 0 Å². The summed E-state index contributed by atoms with van der Waals surface area (Å²) in [5.74, 6) is 2.66. The van der Waals surface area contributed by atoms with E-state index in [1.807, 2.05) is 98.8 Å². The number of para-hydroxylation sites is 2. The fourth-order valence-corrected chi connectivity index (χ4v) is 4.25. The van der Waals surface area contributed by atoms with E-state index < -0.39 is 11.2 Å². The van der Waals surface area contributed by atoms with Crippen molar-refractivity contribution < 1.29 is 19.2 Å². The summed E-state index contributed by atoms with van der Waals surface area (Å²) < 4.78 is 18.2. The normalized spacial score (nSPS) is 12.7. The minimum absolute atomic E-state index is 0.594. The maximum Gasteiger partial charge on any atom is 0.331 e. The van der Waals surface area contributed by atoms with Crippen LogP contribution < -0.4 is 14.9 Å². The Morgan fingerprint density at radius 2 is 1.33 bits per heavy atom. The molecule has 1 heterocycles. The van der Waals surface area contributed by atoms with Gasteiger partial charge in [0.15, 0.2) is 23.0 Å². The van der Waals surface area contributed by atoms with Crippen molar-refractivity contribution in [1.29, 1.82) is 0 Å². The highest BCUT2D eigenvalue weighted by Gasteiger charge is 2.36. The summed E-state index contributed by atoms with van der Waals surface area (Å²) in [4.78, 5) is 0. The number of fused-ring (bicyclic) bond motifs is 2. The Morgan fingerprint density at radius 3 is 2.00 bits per heavy atom. The van der Waals surface area contributed by atoms with Crippen LogP contribution in [0, 0.1) is 0 Å². The van der Waals surface area contributed by atoms with Gasteiger partial charge in [0.1, 0.15) is 0 Å². The molecule has 0 unspecified atom stereocenters. The average molecular weight is 498 g/mol. The highest BCUT2D eigenvalue weighted by molar-refractivity contribution is 6.52. The van der Waals surface area contributed by atoms with Gasteiger partial charge < -0.3 is 19.2 Å². The Balaban J connectivity index is 1.54. The minimum Gasteiger partial charge on any atom is -0.450 e. The molecule has 36 heavy (non-hydrogen) atoms. The molecule has 4 aromatic carbocycles. The van der Waals surface area contributed by atoms with E-state index in [0.717, 1.165) is 27.7 Å². The number of rotatable bonds is 6. The van der Waals surface area contributed by atoms with Gasteiger partial charge >= 0.3 is 7.48 Å². The van der Waals surface area contributed by atoms with Crippen LogP contribution in [0.4, 0.5) is 0 Å². The van der Waals surface area contributed by atoms with Crippen LogP contribution >= 0.6 is 11.6 Å². The number of ether oxygens (including phenoxy) is 2. The summed E-state index contributed by atoms with van der Waals surface area (Å²) >= 11 is 7.09. The van der Waals surface area contributed by atoms with Gasteiger partial charge in [-0.1, -0.05) is 72.3 Å². The second-order valence-electron chi connectivity index (χ2n) is 9.87. The van der Waals surface area contributed by atoms with Gasteiger partial charge in [-0.3, -0.25) is 0 Å². The molecule has 0 spiro atoms. The van der Waals surface area contributed by atoms with Crippen LogP contribution in [-0.2, 0) is 4.65 Å². The average Bonchev–Trinajstić information content (AvgIpc) is 2.86. The lowest BCUT2D eigenvalue weighted by Gasteiger charge is -2.37. The van der Waals surface area contributed by atoms with Gasteiger partial charge in [0.25, 0.3) is 0 Å². The molecule has 4 aromatic rings. The monoisotopic (exact) mass is 497 g/mol. The van der Waals surface area contributed by atoms with Crippen molar-refractivity contribution in [2.75, 3.05) is 0 Å². The zero-order chi connectivity index (χ0) is 25.5. The first-order valence-corrected chi connectivity index (χ1v) is 12.2. The Morgan fingerprint density at radius 1 is 0.722 bits per heavy atom. The highest BCUT2D eigenvalue weighted by Crippen LogP contribution is 2.47. The maximum absolute atomic E-state index is 10.5. The lowest BCUT2D eigenvalue weighted by atomic mass is 9.77. The van der Waals surface area contributed by atoms with Crippen molar-refractivity contribution in [1.82, 2.24) is 0 Å². The molecule has 1 aliphatic heterocycles. The van der Waals surface area contributed by atoms with E-state index in [0.29, 0.717) is 28.0 Å². The molecular weight excluding hydrogens is 471 g/mol. The first-order chi connectivity index (χ1) is 17.1. The standard InChI is InChI=1S/C30H27BClO4/c1-29(2,33)30(3,4)36-31-22-16-15-21(28(32)27(22)19-10-6-5-7-11-19)20-14-17-25-26(18-20)35-24-13-9-8-12-23(24)34-25/h5-18,33H,1-4H3. The zero-order valence-electron chi connectivity index (χ0n) is 20.7. The Kier molecular flexibility index (Phi) is 6.33. The summed E-state index contributed by atoms with van der Waals surface area (Å²) in [6.45, 7) is 7.18. The van der Waals surface area contributed by atoms with Crippen molar-refractivity contribution in [3.05, 3.63) is 90.0 Å². The van der Waals surface area contributed by atoms with Gasteiger partial charge in [0, 0.05) is 5.56 Å². The number of aliphatic hydroxyl groups is 1. The predicted molar refractivity (Wildman–Crippen MR) is 146 cm³/mol. The molecule has 0 amide bonds. The second-order valence-corrected chi connectivity index (χ2v) is 10.3. The van der Waals surface area contributed by atoms with E-state index in [9.17, 15) is 5.11 Å². The first kappa shape index (κ1) is 24.4. The van der Waals surface area contributed by atoms with Crippen molar-refractivity contribution in [2.24, 2.45) is 0 Å². The SMILES string of the molecule is CC(C)(O)C(C)(C)O[B]c1ccc(-c2ccc3c(c2)Oc2ccccc2O3)c(Cl)c1-c1ccccc1. The number of benzene rings is 4. The quantitative estimate of drug-likeness (QED) is 0.249. The van der Waals surface area contributed by atoms with Gasteiger partial charge in [-0.15, -0.1) is 0 Å². The molecule has 1 radical (unpaired) electrons. The van der Waals surface area contributed by atoms with Crippen LogP contribution in [0.1, 0.15) is 27.7 Å². The third-order valence-corrected chi connectivity index (χ3v) is 7.13. The lowest BCUT2D eigenvalue weighted by Crippen LogP contribution is -2.49. The third kappa shape index (κ3) is 4.62. The van der Waals surface area contributed by atoms with Crippen LogP contribution in [-0.4, -0.2) is 23.8 Å². The van der Waals surface area contributed by atoms with Crippen LogP contribution in [0.5, 0.6) is 23.0 Å². The summed E-state index contributed by atoms with van der Waals surface area (Å²) in [5.41, 5.74) is 2.55. The van der Waals surface area contributed by atoms with E-state index in [-0.39, 0.29) is 0 Å². The van der Waals surface area contributed by atoms with Crippen LogP contribution in [0.25, 0.3) is 22.3 Å². The maximum atomic E-state index is 10.5. The Hall–Kier alpha value is -3.25. The van der Waals surface area contributed by atoms with E-state index in [1.165, 1.54) is 0 Å². The molecule has 0 fully saturated rings. The zero-order valence-corrected chi connectivity index (χ0v) is 21.5. The molecule has 1 aliphatic rings. The minimum atomic E-state index is -1.04. The van der Waals surface area contributed by atoms with Crippen LogP contribution in [0.3, 0.4) is 0 Å². The third-order valence-electron chi connectivity index (χ3n) is 6.73. The fraction of sp³-hybridized carbons (Fsp3) is 0.200. The van der Waals surface area contributed by atoms with Crippen LogP contribution in [0.15, 0.2) is 84.9 Å². The summed E-state index contributed by atoms with van der Waals surface area (Å²) in [6, 6.07) is 27.3. The molecule has 0 atom stereocenters. The molecule has 4 nitrogen and oxygen atoms in total. The molecule has 181 valence electrons.